The molecule has 0 spiro atoms. The summed E-state index contributed by atoms with van der Waals surface area (Å²) < 4.78 is 11.1. The van der Waals surface area contributed by atoms with Crippen molar-refractivity contribution >= 4 is 28.5 Å². The summed E-state index contributed by atoms with van der Waals surface area (Å²) in [4.78, 5) is 37.9. The van der Waals surface area contributed by atoms with Crippen molar-refractivity contribution in [1.29, 1.82) is 5.26 Å². The molecule has 4 heterocycles. The van der Waals surface area contributed by atoms with Crippen LogP contribution in [0.15, 0.2) is 50.2 Å². The summed E-state index contributed by atoms with van der Waals surface area (Å²) in [5.74, 6) is 0.999. The predicted molar refractivity (Wildman–Crippen MR) is 120 cm³/mol. The highest BCUT2D eigenvalue weighted by atomic mass is 16.4. The van der Waals surface area contributed by atoms with Crippen molar-refractivity contribution in [2.24, 2.45) is 0 Å². The molecule has 11 heteroatoms. The van der Waals surface area contributed by atoms with E-state index in [2.05, 4.69) is 31.2 Å². The predicted octanol–water partition coefficient (Wildman–Crippen LogP) is 2.13. The van der Waals surface area contributed by atoms with Crippen LogP contribution < -0.4 is 15.9 Å². The number of carbonyl (C=O) groups is 1. The van der Waals surface area contributed by atoms with E-state index in [0.29, 0.717) is 54.5 Å². The minimum Gasteiger partial charge on any atom is -0.459 e. The van der Waals surface area contributed by atoms with E-state index < -0.39 is 0 Å². The van der Waals surface area contributed by atoms with E-state index in [1.54, 1.807) is 30.3 Å². The lowest BCUT2D eigenvalue weighted by Gasteiger charge is -2.37. The van der Waals surface area contributed by atoms with E-state index in [4.69, 9.17) is 8.83 Å². The molecule has 3 aromatic heterocycles. The number of anilines is 2. The summed E-state index contributed by atoms with van der Waals surface area (Å²) in [6, 6.07) is 10.4. The van der Waals surface area contributed by atoms with Gasteiger partial charge in [-0.2, -0.15) is 10.2 Å². The number of piperazine rings is 1. The van der Waals surface area contributed by atoms with Crippen LogP contribution in [-0.2, 0) is 4.79 Å². The average molecular weight is 447 g/mol. The number of nitrogens with one attached hydrogen (secondary N) is 3. The lowest BCUT2D eigenvalue weighted by atomic mass is 10.2. The molecule has 5 rings (SSSR count). The Morgan fingerprint density at radius 3 is 2.73 bits per heavy atom. The van der Waals surface area contributed by atoms with Crippen LogP contribution in [-0.4, -0.2) is 58.0 Å². The van der Waals surface area contributed by atoms with E-state index in [9.17, 15) is 14.9 Å². The highest BCUT2D eigenvalue weighted by Gasteiger charge is 2.29. The van der Waals surface area contributed by atoms with Gasteiger partial charge in [-0.3, -0.25) is 9.69 Å². The zero-order valence-corrected chi connectivity index (χ0v) is 17.8. The van der Waals surface area contributed by atoms with Crippen molar-refractivity contribution in [2.75, 3.05) is 36.4 Å². The Hall–Kier alpha value is -4.30. The number of benzene rings is 1. The Bertz CT molecular complexity index is 1380. The summed E-state index contributed by atoms with van der Waals surface area (Å²) in [7, 11) is 0. The van der Waals surface area contributed by atoms with Crippen LogP contribution >= 0.6 is 0 Å². The number of rotatable bonds is 5. The fraction of sp³-hybridized carbons (Fsp3) is 0.273. The number of fused-ring (bicyclic) bond motifs is 1. The number of nitriles is 1. The van der Waals surface area contributed by atoms with Crippen LogP contribution in [0.25, 0.3) is 22.7 Å². The third-order valence-corrected chi connectivity index (χ3v) is 5.76. The minimum absolute atomic E-state index is 0.141. The molecule has 3 N–H and O–H groups in total. The molecule has 33 heavy (non-hydrogen) atoms. The van der Waals surface area contributed by atoms with E-state index >= 15 is 0 Å². The lowest BCUT2D eigenvalue weighted by Crippen LogP contribution is -2.52. The van der Waals surface area contributed by atoms with Crippen molar-refractivity contribution in [3.05, 3.63) is 52.8 Å². The lowest BCUT2D eigenvalue weighted by molar-refractivity contribution is -0.120. The number of nitrogens with zero attached hydrogens (tertiary/aromatic N) is 4. The molecule has 1 amide bonds. The molecule has 1 fully saturated rings. The van der Waals surface area contributed by atoms with Crippen molar-refractivity contribution < 1.29 is 13.6 Å². The molecule has 0 aliphatic carbocycles. The van der Waals surface area contributed by atoms with Crippen molar-refractivity contribution in [3.63, 3.8) is 0 Å². The molecule has 1 saturated heterocycles. The number of hydrogen-bond donors (Lipinski definition) is 3. The van der Waals surface area contributed by atoms with Gasteiger partial charge in [-0.05, 0) is 37.3 Å². The Morgan fingerprint density at radius 2 is 2.00 bits per heavy atom. The van der Waals surface area contributed by atoms with Gasteiger partial charge >= 0.3 is 5.69 Å². The molecule has 0 radical (unpaired) electrons. The Morgan fingerprint density at radius 1 is 1.21 bits per heavy atom. The maximum Gasteiger partial charge on any atom is 0.323 e. The zero-order chi connectivity index (χ0) is 22.9. The third kappa shape index (κ3) is 3.99. The fourth-order valence-electron chi connectivity index (χ4n) is 3.94. The number of aromatic amines is 2. The second-order valence-corrected chi connectivity index (χ2v) is 7.79. The number of oxazole rings is 1. The first-order valence-corrected chi connectivity index (χ1v) is 10.5. The quantitative estimate of drug-likeness (QED) is 0.421. The molecule has 168 valence electrons. The first-order chi connectivity index (χ1) is 16.0. The highest BCUT2D eigenvalue weighted by Crippen LogP contribution is 2.29. The molecule has 1 aliphatic rings. The van der Waals surface area contributed by atoms with Crippen LogP contribution in [0, 0.1) is 11.3 Å². The van der Waals surface area contributed by atoms with Crippen molar-refractivity contribution in [1.82, 2.24) is 19.9 Å². The number of amides is 1. The highest BCUT2D eigenvalue weighted by molar-refractivity contribution is 5.96. The Balaban J connectivity index is 1.22. The number of carbonyl (C=O) groups excluding carboxylic acids is 1. The van der Waals surface area contributed by atoms with E-state index in [0.717, 1.165) is 0 Å². The molecule has 4 aromatic rings. The molecule has 1 aromatic carbocycles. The molecular formula is C22H21N7O4. The van der Waals surface area contributed by atoms with Crippen LogP contribution in [0.3, 0.4) is 0 Å². The van der Waals surface area contributed by atoms with Gasteiger partial charge in [0.05, 0.1) is 23.3 Å². The van der Waals surface area contributed by atoms with Gasteiger partial charge in [0.15, 0.2) is 5.76 Å². The summed E-state index contributed by atoms with van der Waals surface area (Å²) in [5.41, 5.74) is 1.84. The second kappa shape index (κ2) is 8.33. The summed E-state index contributed by atoms with van der Waals surface area (Å²) in [5, 5.41) is 12.4. The Kier molecular flexibility index (Phi) is 5.20. The monoisotopic (exact) mass is 447 g/mol. The van der Waals surface area contributed by atoms with Crippen molar-refractivity contribution in [3.8, 4) is 17.7 Å². The van der Waals surface area contributed by atoms with Crippen LogP contribution in [0.5, 0.6) is 0 Å². The van der Waals surface area contributed by atoms with Crippen LogP contribution in [0.4, 0.5) is 11.6 Å². The summed E-state index contributed by atoms with van der Waals surface area (Å²) in [6.07, 6.45) is 1.52. The molecule has 11 nitrogen and oxygen atoms in total. The standard InChI is InChI=1S/C22H21N7O4/c1-13(19(30)24-14-4-5-15-16(11-14)27-22(31)26-15)28-6-8-29(9-7-28)21-17(12-23)25-20(33-21)18-3-2-10-32-18/h2-5,10-11,13H,6-9H2,1H3,(H,24,30)(H2,26,27,31). The van der Waals surface area contributed by atoms with Gasteiger partial charge in [0.1, 0.15) is 6.07 Å². The van der Waals surface area contributed by atoms with Crippen LogP contribution in [0.1, 0.15) is 12.6 Å². The second-order valence-electron chi connectivity index (χ2n) is 7.79. The van der Waals surface area contributed by atoms with Gasteiger partial charge in [0.2, 0.25) is 17.5 Å². The number of imidazole rings is 1. The van der Waals surface area contributed by atoms with Crippen LogP contribution in [0.2, 0.25) is 0 Å². The first kappa shape index (κ1) is 20.6. The smallest absolute Gasteiger partial charge is 0.323 e. The molecule has 0 saturated carbocycles. The molecule has 0 bridgehead atoms. The first-order valence-electron chi connectivity index (χ1n) is 10.5. The van der Waals surface area contributed by atoms with Gasteiger partial charge < -0.3 is 29.0 Å². The van der Waals surface area contributed by atoms with Gasteiger partial charge in [-0.25, -0.2) is 4.79 Å². The van der Waals surface area contributed by atoms with E-state index in [1.165, 1.54) is 6.26 Å². The maximum absolute atomic E-state index is 12.8. The minimum atomic E-state index is -0.364. The molecule has 1 atom stereocenters. The maximum atomic E-state index is 12.8. The number of aromatic nitrogens is 3. The molecule has 1 aliphatic heterocycles. The van der Waals surface area contributed by atoms with Gasteiger partial charge in [0.25, 0.3) is 5.89 Å². The number of furan rings is 1. The zero-order valence-electron chi connectivity index (χ0n) is 17.8. The Labute approximate surface area is 187 Å². The SMILES string of the molecule is CC(C(=O)Nc1ccc2[nH]c(=O)[nH]c2c1)N1CCN(c2oc(-c3ccco3)nc2C#N)CC1. The largest absolute Gasteiger partial charge is 0.459 e. The fourth-order valence-corrected chi connectivity index (χ4v) is 3.94. The summed E-state index contributed by atoms with van der Waals surface area (Å²) >= 11 is 0. The van der Waals surface area contributed by atoms with Gasteiger partial charge in [-0.1, -0.05) is 0 Å². The van der Waals surface area contributed by atoms with E-state index in [-0.39, 0.29) is 29.2 Å². The topological polar surface area (TPSA) is 147 Å². The number of hydrogen-bond acceptors (Lipinski definition) is 8. The van der Waals surface area contributed by atoms with Crippen molar-refractivity contribution in [2.45, 2.75) is 13.0 Å². The molecule has 1 unspecified atom stereocenters. The third-order valence-electron chi connectivity index (χ3n) is 5.76. The number of H-pyrrole nitrogens is 2. The molecular weight excluding hydrogens is 426 g/mol. The van der Waals surface area contributed by atoms with Gasteiger partial charge in [-0.15, -0.1) is 0 Å². The summed E-state index contributed by atoms with van der Waals surface area (Å²) in [6.45, 7) is 4.23. The average Bonchev–Trinajstić information content (AvgIpc) is 3.57. The van der Waals surface area contributed by atoms with Gasteiger partial charge in [0, 0.05) is 31.9 Å². The van der Waals surface area contributed by atoms with E-state index in [1.807, 2.05) is 11.8 Å². The normalized spacial score (nSPS) is 15.5.